The summed E-state index contributed by atoms with van der Waals surface area (Å²) in [6.07, 6.45) is 2.88. The molecule has 1 atom stereocenters. The second-order valence-electron chi connectivity index (χ2n) is 4.68. The van der Waals surface area contributed by atoms with Crippen LogP contribution >= 0.6 is 0 Å². The Morgan fingerprint density at radius 2 is 2.16 bits per heavy atom. The largest absolute Gasteiger partial charge is 0.365 e. The fraction of sp³-hybridized carbons (Fsp3) is 0.500. The number of nitrogens with zero attached hydrogens (tertiary/aromatic N) is 1. The summed E-state index contributed by atoms with van der Waals surface area (Å²) in [5.41, 5.74) is 1.71. The second kappa shape index (κ2) is 7.95. The van der Waals surface area contributed by atoms with E-state index in [0.717, 1.165) is 25.1 Å². The summed E-state index contributed by atoms with van der Waals surface area (Å²) in [5.74, 6) is -0.161. The number of hydrogen-bond donors (Lipinski definition) is 1. The quantitative estimate of drug-likeness (QED) is 0.716. The van der Waals surface area contributed by atoms with E-state index in [0.29, 0.717) is 12.2 Å². The first-order chi connectivity index (χ1) is 9.15. The molecule has 3 heteroatoms. The molecule has 0 saturated carbocycles. The number of hydrogen-bond acceptors (Lipinski definition) is 2. The molecule has 19 heavy (non-hydrogen) atoms. The maximum absolute atomic E-state index is 14.2. The summed E-state index contributed by atoms with van der Waals surface area (Å²) >= 11 is 0. The number of para-hydroxylation sites is 1. The lowest BCUT2D eigenvalue weighted by Gasteiger charge is -2.27. The molecule has 1 N–H and O–H groups in total. The summed E-state index contributed by atoms with van der Waals surface area (Å²) in [4.78, 5) is 2.02. The molecule has 1 unspecified atom stereocenters. The topological polar surface area (TPSA) is 15.3 Å². The third-order valence-corrected chi connectivity index (χ3v) is 3.23. The van der Waals surface area contributed by atoms with E-state index in [1.165, 1.54) is 6.07 Å². The third kappa shape index (κ3) is 4.06. The Balaban J connectivity index is 3.09. The Kier molecular flexibility index (Phi) is 6.57. The van der Waals surface area contributed by atoms with Crippen LogP contribution in [0.3, 0.4) is 0 Å². The highest BCUT2D eigenvalue weighted by Gasteiger charge is 2.17. The Bertz CT molecular complexity index is 404. The molecule has 0 spiro atoms. The number of nitrogens with one attached hydrogen (secondary N) is 1. The molecule has 0 fully saturated rings. The molecular formula is C16H25FN2. The van der Waals surface area contributed by atoms with Crippen LogP contribution in [-0.4, -0.2) is 19.6 Å². The molecule has 0 bridgehead atoms. The molecule has 2 nitrogen and oxygen atoms in total. The van der Waals surface area contributed by atoms with E-state index < -0.39 is 0 Å². The molecule has 1 aromatic carbocycles. The fourth-order valence-corrected chi connectivity index (χ4v) is 2.22. The lowest BCUT2D eigenvalue weighted by molar-refractivity contribution is 0.560. The van der Waals surface area contributed by atoms with E-state index in [1.807, 2.05) is 24.0 Å². The van der Waals surface area contributed by atoms with E-state index in [1.54, 1.807) is 6.07 Å². The zero-order valence-electron chi connectivity index (χ0n) is 12.2. The third-order valence-electron chi connectivity index (χ3n) is 3.23. The van der Waals surface area contributed by atoms with Gasteiger partial charge in [-0.2, -0.15) is 0 Å². The van der Waals surface area contributed by atoms with Gasteiger partial charge in [-0.15, -0.1) is 6.58 Å². The molecular weight excluding hydrogens is 239 g/mol. The first kappa shape index (κ1) is 15.7. The maximum Gasteiger partial charge on any atom is 0.146 e. The lowest BCUT2D eigenvalue weighted by Crippen LogP contribution is -2.28. The summed E-state index contributed by atoms with van der Waals surface area (Å²) in [6.45, 7) is 12.3. The minimum absolute atomic E-state index is 0.143. The Morgan fingerprint density at radius 3 is 2.74 bits per heavy atom. The van der Waals surface area contributed by atoms with E-state index in [9.17, 15) is 4.39 Å². The highest BCUT2D eigenvalue weighted by Crippen LogP contribution is 2.29. The van der Waals surface area contributed by atoms with Crippen molar-refractivity contribution in [3.05, 3.63) is 42.2 Å². The number of halogens is 1. The zero-order valence-corrected chi connectivity index (χ0v) is 12.2. The highest BCUT2D eigenvalue weighted by molar-refractivity contribution is 5.56. The van der Waals surface area contributed by atoms with Crippen molar-refractivity contribution in [1.82, 2.24) is 5.32 Å². The van der Waals surface area contributed by atoms with Gasteiger partial charge in [-0.1, -0.05) is 25.1 Å². The molecule has 0 aliphatic rings. The van der Waals surface area contributed by atoms with E-state index in [4.69, 9.17) is 0 Å². The molecule has 0 radical (unpaired) electrons. The fourth-order valence-electron chi connectivity index (χ4n) is 2.22. The minimum atomic E-state index is -0.161. The molecule has 0 saturated heterocycles. The van der Waals surface area contributed by atoms with E-state index >= 15 is 0 Å². The smallest absolute Gasteiger partial charge is 0.146 e. The van der Waals surface area contributed by atoms with Crippen LogP contribution < -0.4 is 10.2 Å². The van der Waals surface area contributed by atoms with Crippen LogP contribution in [0.15, 0.2) is 30.9 Å². The van der Waals surface area contributed by atoms with Crippen LogP contribution in [0, 0.1) is 5.82 Å². The van der Waals surface area contributed by atoms with Gasteiger partial charge in [0.05, 0.1) is 5.69 Å². The monoisotopic (exact) mass is 264 g/mol. The number of rotatable bonds is 8. The average Bonchev–Trinajstić information content (AvgIpc) is 2.42. The van der Waals surface area contributed by atoms with Gasteiger partial charge in [0.1, 0.15) is 5.82 Å². The lowest BCUT2D eigenvalue weighted by atomic mass is 10.0. The van der Waals surface area contributed by atoms with Crippen LogP contribution in [0.25, 0.3) is 0 Å². The number of anilines is 1. The average molecular weight is 264 g/mol. The predicted octanol–water partition coefficient (Wildman–Crippen LogP) is 3.90. The standard InChI is InChI=1S/C16H25FN2/c1-5-11-18-13(4)14-9-8-10-15(17)16(14)19(7-3)12-6-2/h6,8-10,13,18H,2,5,7,11-12H2,1,3-4H3. The van der Waals surface area contributed by atoms with Crippen LogP contribution in [0.2, 0.25) is 0 Å². The van der Waals surface area contributed by atoms with Gasteiger partial charge >= 0.3 is 0 Å². The van der Waals surface area contributed by atoms with Crippen molar-refractivity contribution in [3.63, 3.8) is 0 Å². The summed E-state index contributed by atoms with van der Waals surface area (Å²) in [6, 6.07) is 5.44. The zero-order chi connectivity index (χ0) is 14.3. The van der Waals surface area contributed by atoms with Crippen molar-refractivity contribution in [1.29, 1.82) is 0 Å². The first-order valence-corrected chi connectivity index (χ1v) is 7.03. The van der Waals surface area contributed by atoms with Crippen LogP contribution in [-0.2, 0) is 0 Å². The van der Waals surface area contributed by atoms with Gasteiger partial charge in [0, 0.05) is 19.1 Å². The van der Waals surface area contributed by atoms with Crippen LogP contribution in [0.5, 0.6) is 0 Å². The first-order valence-electron chi connectivity index (χ1n) is 7.03. The van der Waals surface area contributed by atoms with Gasteiger partial charge in [0.15, 0.2) is 0 Å². The van der Waals surface area contributed by atoms with Crippen molar-refractivity contribution in [2.45, 2.75) is 33.2 Å². The normalized spacial score (nSPS) is 12.2. The summed E-state index contributed by atoms with van der Waals surface area (Å²) < 4.78 is 14.2. The van der Waals surface area contributed by atoms with E-state index in [2.05, 4.69) is 25.7 Å². The van der Waals surface area contributed by atoms with Crippen molar-refractivity contribution in [3.8, 4) is 0 Å². The molecule has 1 rings (SSSR count). The molecule has 0 amide bonds. The second-order valence-corrected chi connectivity index (χ2v) is 4.68. The van der Waals surface area contributed by atoms with Crippen molar-refractivity contribution in [2.75, 3.05) is 24.5 Å². The molecule has 0 aromatic heterocycles. The van der Waals surface area contributed by atoms with Gasteiger partial charge in [0.25, 0.3) is 0 Å². The van der Waals surface area contributed by atoms with Crippen molar-refractivity contribution < 1.29 is 4.39 Å². The summed E-state index contributed by atoms with van der Waals surface area (Å²) in [7, 11) is 0. The molecule has 106 valence electrons. The molecule has 0 heterocycles. The maximum atomic E-state index is 14.2. The predicted molar refractivity (Wildman–Crippen MR) is 81.2 cm³/mol. The van der Waals surface area contributed by atoms with Gasteiger partial charge in [-0.05, 0) is 38.4 Å². The van der Waals surface area contributed by atoms with Crippen molar-refractivity contribution >= 4 is 5.69 Å². The Morgan fingerprint density at radius 1 is 1.42 bits per heavy atom. The Labute approximate surface area is 116 Å². The van der Waals surface area contributed by atoms with Crippen LogP contribution in [0.1, 0.15) is 38.8 Å². The molecule has 0 aliphatic carbocycles. The number of benzene rings is 1. The van der Waals surface area contributed by atoms with Gasteiger partial charge in [-0.3, -0.25) is 0 Å². The van der Waals surface area contributed by atoms with Gasteiger partial charge < -0.3 is 10.2 Å². The summed E-state index contributed by atoms with van der Waals surface area (Å²) in [5, 5.41) is 3.42. The van der Waals surface area contributed by atoms with Gasteiger partial charge in [-0.25, -0.2) is 4.39 Å². The van der Waals surface area contributed by atoms with Crippen LogP contribution in [0.4, 0.5) is 10.1 Å². The van der Waals surface area contributed by atoms with Crippen molar-refractivity contribution in [2.24, 2.45) is 0 Å². The number of likely N-dealkylation sites (N-methyl/N-ethyl adjacent to an activating group) is 1. The Hall–Kier alpha value is -1.35. The molecule has 1 aromatic rings. The van der Waals surface area contributed by atoms with Gasteiger partial charge in [0.2, 0.25) is 0 Å². The highest BCUT2D eigenvalue weighted by atomic mass is 19.1. The molecule has 0 aliphatic heterocycles. The SMILES string of the molecule is C=CCN(CC)c1c(F)cccc1C(C)NCCC. The van der Waals surface area contributed by atoms with E-state index in [-0.39, 0.29) is 11.9 Å². The minimum Gasteiger partial charge on any atom is -0.365 e.